The molecule has 0 saturated heterocycles. The zero-order chi connectivity index (χ0) is 12.6. The minimum atomic E-state index is -0.974. The van der Waals surface area contributed by atoms with Crippen LogP contribution in [0, 0.1) is 0 Å². The van der Waals surface area contributed by atoms with Crippen LogP contribution in [0.1, 0.15) is 25.7 Å². The maximum Gasteiger partial charge on any atom is 0.303 e. The predicted molar refractivity (Wildman–Crippen MR) is 61.1 cm³/mol. The topological polar surface area (TPSA) is 125 Å². The first kappa shape index (κ1) is 14.3. The van der Waals surface area contributed by atoms with E-state index in [2.05, 4.69) is 22.7 Å². The molecule has 0 amide bonds. The fourth-order valence-corrected chi connectivity index (χ4v) is 0.919. The SMILES string of the molecule is NC(=S)NN=C(CCC(=O)O)CCC(=O)O. The normalized spacial score (nSPS) is 9.25. The van der Waals surface area contributed by atoms with Gasteiger partial charge in [-0.3, -0.25) is 15.0 Å². The van der Waals surface area contributed by atoms with E-state index >= 15 is 0 Å². The van der Waals surface area contributed by atoms with Crippen LogP contribution in [0.5, 0.6) is 0 Å². The van der Waals surface area contributed by atoms with Gasteiger partial charge in [0.15, 0.2) is 5.11 Å². The Hall–Kier alpha value is -1.70. The van der Waals surface area contributed by atoms with E-state index in [1.807, 2.05) is 0 Å². The Morgan fingerprint density at radius 3 is 1.88 bits per heavy atom. The zero-order valence-electron chi connectivity index (χ0n) is 8.47. The maximum absolute atomic E-state index is 10.3. The molecule has 0 aliphatic rings. The molecule has 0 fully saturated rings. The van der Waals surface area contributed by atoms with Crippen molar-refractivity contribution in [3.8, 4) is 0 Å². The molecule has 90 valence electrons. The van der Waals surface area contributed by atoms with Crippen LogP contribution in [-0.4, -0.2) is 33.0 Å². The molecule has 0 rings (SSSR count). The Kier molecular flexibility index (Phi) is 6.77. The van der Waals surface area contributed by atoms with E-state index in [-0.39, 0.29) is 30.8 Å². The summed E-state index contributed by atoms with van der Waals surface area (Å²) in [6, 6.07) is 0. The number of rotatable bonds is 7. The van der Waals surface area contributed by atoms with Gasteiger partial charge in [0.2, 0.25) is 0 Å². The molecular formula is C8H13N3O4S. The third-order valence-electron chi connectivity index (χ3n) is 1.58. The highest BCUT2D eigenvalue weighted by molar-refractivity contribution is 7.80. The van der Waals surface area contributed by atoms with Gasteiger partial charge >= 0.3 is 11.9 Å². The molecule has 0 aromatic carbocycles. The summed E-state index contributed by atoms with van der Waals surface area (Å²) < 4.78 is 0. The highest BCUT2D eigenvalue weighted by atomic mass is 32.1. The summed E-state index contributed by atoms with van der Waals surface area (Å²) >= 11 is 4.51. The van der Waals surface area contributed by atoms with Crippen molar-refractivity contribution in [3.05, 3.63) is 0 Å². The van der Waals surface area contributed by atoms with Gasteiger partial charge in [-0.25, -0.2) is 0 Å². The van der Waals surface area contributed by atoms with Crippen LogP contribution in [-0.2, 0) is 9.59 Å². The van der Waals surface area contributed by atoms with Gasteiger partial charge in [-0.15, -0.1) is 0 Å². The molecule has 0 atom stereocenters. The van der Waals surface area contributed by atoms with Crippen LogP contribution in [0.4, 0.5) is 0 Å². The summed E-state index contributed by atoms with van der Waals surface area (Å²) in [6.07, 6.45) is 0.103. The van der Waals surface area contributed by atoms with Crippen molar-refractivity contribution < 1.29 is 19.8 Å². The quantitative estimate of drug-likeness (QED) is 0.281. The van der Waals surface area contributed by atoms with Crippen LogP contribution in [0.2, 0.25) is 0 Å². The molecule has 7 nitrogen and oxygen atoms in total. The number of hydrogen-bond acceptors (Lipinski definition) is 4. The van der Waals surface area contributed by atoms with Crippen molar-refractivity contribution >= 4 is 35.0 Å². The van der Waals surface area contributed by atoms with E-state index in [9.17, 15) is 9.59 Å². The number of aliphatic carboxylic acids is 2. The maximum atomic E-state index is 10.3. The highest BCUT2D eigenvalue weighted by Crippen LogP contribution is 2.01. The van der Waals surface area contributed by atoms with Gasteiger partial charge in [-0.2, -0.15) is 5.10 Å². The van der Waals surface area contributed by atoms with Crippen LogP contribution >= 0.6 is 12.2 Å². The predicted octanol–water partition coefficient (Wildman–Crippen LogP) is -0.0948. The third-order valence-corrected chi connectivity index (χ3v) is 1.67. The van der Waals surface area contributed by atoms with Crippen molar-refractivity contribution in [1.29, 1.82) is 0 Å². The van der Waals surface area contributed by atoms with Gasteiger partial charge in [0.05, 0.1) is 12.8 Å². The summed E-state index contributed by atoms with van der Waals surface area (Å²) in [5.41, 5.74) is 7.85. The second-order valence-electron chi connectivity index (χ2n) is 2.94. The summed E-state index contributed by atoms with van der Waals surface area (Å²) in [5, 5.41) is 20.6. The molecule has 0 radical (unpaired) electrons. The standard InChI is InChI=1S/C8H13N3O4S/c9-8(16)11-10-5(1-3-6(12)13)2-4-7(14)15/h1-4H2,(H,12,13)(H,14,15)(H3,9,11,16). The molecule has 0 aromatic rings. The van der Waals surface area contributed by atoms with Crippen LogP contribution in [0.15, 0.2) is 5.10 Å². The smallest absolute Gasteiger partial charge is 0.303 e. The molecule has 0 aliphatic carbocycles. The van der Waals surface area contributed by atoms with Crippen molar-refractivity contribution in [2.75, 3.05) is 0 Å². The second-order valence-corrected chi connectivity index (χ2v) is 3.38. The van der Waals surface area contributed by atoms with E-state index < -0.39 is 11.9 Å². The van der Waals surface area contributed by atoms with Gasteiger partial charge in [0, 0.05) is 5.71 Å². The average Bonchev–Trinajstić information content (AvgIpc) is 2.15. The molecule has 0 saturated carbocycles. The van der Waals surface area contributed by atoms with Crippen LogP contribution < -0.4 is 11.2 Å². The lowest BCUT2D eigenvalue weighted by Gasteiger charge is -2.04. The first-order chi connectivity index (χ1) is 7.41. The monoisotopic (exact) mass is 247 g/mol. The first-order valence-electron chi connectivity index (χ1n) is 4.46. The second kappa shape index (κ2) is 7.57. The molecule has 0 bridgehead atoms. The summed E-state index contributed by atoms with van der Waals surface area (Å²) in [7, 11) is 0. The zero-order valence-corrected chi connectivity index (χ0v) is 9.29. The third kappa shape index (κ3) is 8.88. The van der Waals surface area contributed by atoms with Gasteiger partial charge < -0.3 is 15.9 Å². The summed E-state index contributed by atoms with van der Waals surface area (Å²) in [4.78, 5) is 20.7. The van der Waals surface area contributed by atoms with Crippen molar-refractivity contribution in [2.24, 2.45) is 10.8 Å². The number of hydrazone groups is 1. The molecule has 0 aliphatic heterocycles. The summed E-state index contributed by atoms with van der Waals surface area (Å²) in [5.74, 6) is -1.95. The van der Waals surface area contributed by atoms with Gasteiger partial charge in [-0.05, 0) is 25.1 Å². The highest BCUT2D eigenvalue weighted by Gasteiger charge is 2.07. The first-order valence-corrected chi connectivity index (χ1v) is 4.87. The number of hydrogen-bond donors (Lipinski definition) is 4. The number of nitrogens with zero attached hydrogens (tertiary/aromatic N) is 1. The molecule has 0 heterocycles. The number of nitrogens with two attached hydrogens (primary N) is 1. The average molecular weight is 247 g/mol. The molecule has 0 aromatic heterocycles. The number of carboxylic acids is 2. The molecule has 5 N–H and O–H groups in total. The largest absolute Gasteiger partial charge is 0.481 e. The van der Waals surface area contributed by atoms with Crippen molar-refractivity contribution in [2.45, 2.75) is 25.7 Å². The van der Waals surface area contributed by atoms with E-state index in [0.29, 0.717) is 5.71 Å². The lowest BCUT2D eigenvalue weighted by atomic mass is 10.1. The molecule has 0 unspecified atom stereocenters. The Bertz CT molecular complexity index is 296. The molecule has 8 heteroatoms. The minimum Gasteiger partial charge on any atom is -0.481 e. The van der Waals surface area contributed by atoms with Gasteiger partial charge in [0.1, 0.15) is 0 Å². The number of carbonyl (C=O) groups is 2. The van der Waals surface area contributed by atoms with E-state index in [0.717, 1.165) is 0 Å². The van der Waals surface area contributed by atoms with Crippen LogP contribution in [0.3, 0.4) is 0 Å². The molecular weight excluding hydrogens is 234 g/mol. The van der Waals surface area contributed by atoms with Gasteiger partial charge in [-0.1, -0.05) is 0 Å². The molecule has 0 spiro atoms. The van der Waals surface area contributed by atoms with Crippen molar-refractivity contribution in [3.63, 3.8) is 0 Å². The number of nitrogens with one attached hydrogen (secondary N) is 1. The van der Waals surface area contributed by atoms with E-state index in [1.54, 1.807) is 0 Å². The lowest BCUT2D eigenvalue weighted by Crippen LogP contribution is -2.25. The number of carboxylic acid groups (broad SMARTS) is 2. The van der Waals surface area contributed by atoms with Crippen molar-refractivity contribution in [1.82, 2.24) is 5.43 Å². The van der Waals surface area contributed by atoms with E-state index in [4.69, 9.17) is 15.9 Å². The fraction of sp³-hybridized carbons (Fsp3) is 0.500. The fourth-order valence-electron chi connectivity index (χ4n) is 0.873. The Morgan fingerprint density at radius 2 is 1.56 bits per heavy atom. The van der Waals surface area contributed by atoms with Crippen LogP contribution in [0.25, 0.3) is 0 Å². The summed E-state index contributed by atoms with van der Waals surface area (Å²) in [6.45, 7) is 0. The Balaban J connectivity index is 4.25. The Morgan fingerprint density at radius 1 is 1.12 bits per heavy atom. The van der Waals surface area contributed by atoms with Gasteiger partial charge in [0.25, 0.3) is 0 Å². The molecule has 16 heavy (non-hydrogen) atoms. The lowest BCUT2D eigenvalue weighted by molar-refractivity contribution is -0.137. The Labute approximate surface area is 97.3 Å². The minimum absolute atomic E-state index is 0.0526. The number of thiocarbonyl (C=S) groups is 1. The van der Waals surface area contributed by atoms with E-state index in [1.165, 1.54) is 0 Å².